The van der Waals surface area contributed by atoms with E-state index in [-0.39, 0.29) is 11.6 Å². The number of anilines is 2. The predicted molar refractivity (Wildman–Crippen MR) is 118 cm³/mol. The minimum absolute atomic E-state index is 0.104. The molecule has 0 unspecified atom stereocenters. The number of alkyl halides is 6. The van der Waals surface area contributed by atoms with Gasteiger partial charge in [0, 0.05) is 29.6 Å². The summed E-state index contributed by atoms with van der Waals surface area (Å²) in [5.41, 5.74) is 0. The molecule has 0 saturated carbocycles. The molecule has 0 N–H and O–H groups in total. The van der Waals surface area contributed by atoms with Crippen molar-refractivity contribution < 1.29 is 0 Å². The van der Waals surface area contributed by atoms with Crippen molar-refractivity contribution in [2.75, 3.05) is 31.1 Å². The topological polar surface area (TPSA) is 58.0 Å². The monoisotopic (exact) mass is 530 g/mol. The van der Waals surface area contributed by atoms with Gasteiger partial charge in [0.15, 0.2) is 11.6 Å². The fraction of sp³-hybridized carbons (Fsp3) is 0.692. The van der Waals surface area contributed by atoms with Crippen LogP contribution in [0.2, 0.25) is 0 Å². The first-order valence-corrected chi connectivity index (χ1v) is 11.7. The van der Waals surface area contributed by atoms with Crippen molar-refractivity contribution in [3.8, 4) is 0 Å². The quantitative estimate of drug-likeness (QED) is 0.394. The third-order valence-electron chi connectivity index (χ3n) is 3.55. The van der Waals surface area contributed by atoms with Crippen molar-refractivity contribution in [2.24, 2.45) is 0 Å². The van der Waals surface area contributed by atoms with Crippen LogP contribution in [0.3, 0.4) is 0 Å². The van der Waals surface area contributed by atoms with Gasteiger partial charge in [-0.05, 0) is 26.1 Å². The second kappa shape index (κ2) is 10.1. The lowest BCUT2D eigenvalue weighted by molar-refractivity contribution is 0.301. The predicted octanol–water partition coefficient (Wildman–Crippen LogP) is 5.91. The Morgan fingerprint density at radius 3 is 1.56 bits per heavy atom. The molecular formula is C13H16Cl6N6S2. The average Bonchev–Trinajstić information content (AvgIpc) is 3.24. The maximum atomic E-state index is 5.88. The van der Waals surface area contributed by atoms with Gasteiger partial charge >= 0.3 is 0 Å². The van der Waals surface area contributed by atoms with Crippen molar-refractivity contribution in [1.82, 2.24) is 23.6 Å². The van der Waals surface area contributed by atoms with Crippen LogP contribution in [0.1, 0.15) is 31.9 Å². The van der Waals surface area contributed by atoms with Crippen LogP contribution in [0, 0.1) is 0 Å². The van der Waals surface area contributed by atoms with E-state index in [1.165, 1.54) is 0 Å². The second-order valence-electron chi connectivity index (χ2n) is 5.33. The molecule has 0 spiro atoms. The summed E-state index contributed by atoms with van der Waals surface area (Å²) in [5, 5.41) is 1.06. The molecule has 0 amide bonds. The standard InChI is InChI=1S/C13H16Cl6N6S2/c1-3-24(4-2)6-5-7-25(10-20-8(22-26-10)12(14,15)16)11-21-9(23-27-11)13(17,18)19/h3-7H2,1-2H3. The van der Waals surface area contributed by atoms with E-state index < -0.39 is 7.59 Å². The van der Waals surface area contributed by atoms with Gasteiger partial charge in [0.2, 0.25) is 10.3 Å². The number of hydrogen-bond donors (Lipinski definition) is 0. The Kier molecular flexibility index (Phi) is 8.93. The average molecular weight is 533 g/mol. The number of aromatic nitrogens is 4. The summed E-state index contributed by atoms with van der Waals surface area (Å²) in [5.74, 6) is 0.208. The van der Waals surface area contributed by atoms with Gasteiger partial charge < -0.3 is 4.90 Å². The molecule has 152 valence electrons. The van der Waals surface area contributed by atoms with Gasteiger partial charge in [-0.1, -0.05) is 83.5 Å². The van der Waals surface area contributed by atoms with E-state index in [9.17, 15) is 0 Å². The van der Waals surface area contributed by atoms with Crippen LogP contribution >= 0.6 is 92.7 Å². The molecule has 0 atom stereocenters. The zero-order valence-electron chi connectivity index (χ0n) is 14.3. The molecule has 0 saturated heterocycles. The summed E-state index contributed by atoms with van der Waals surface area (Å²) in [6.07, 6.45) is 0.854. The Balaban J connectivity index is 2.25. The number of hydrogen-bond acceptors (Lipinski definition) is 8. The molecule has 0 fully saturated rings. The van der Waals surface area contributed by atoms with Gasteiger partial charge in [-0.3, -0.25) is 4.90 Å². The van der Waals surface area contributed by atoms with Gasteiger partial charge in [0.05, 0.1) is 0 Å². The largest absolute Gasteiger partial charge is 0.304 e. The second-order valence-corrected chi connectivity index (χ2v) is 11.4. The molecule has 0 aliphatic heterocycles. The van der Waals surface area contributed by atoms with Crippen LogP contribution in [-0.2, 0) is 7.59 Å². The zero-order valence-corrected chi connectivity index (χ0v) is 20.5. The Morgan fingerprint density at radius 2 is 1.22 bits per heavy atom. The lowest BCUT2D eigenvalue weighted by atomic mass is 10.3. The van der Waals surface area contributed by atoms with Gasteiger partial charge in [-0.25, -0.2) is 0 Å². The minimum Gasteiger partial charge on any atom is -0.304 e. The Bertz CT molecular complexity index is 671. The van der Waals surface area contributed by atoms with Crippen molar-refractivity contribution in [3.63, 3.8) is 0 Å². The van der Waals surface area contributed by atoms with E-state index in [1.54, 1.807) is 0 Å². The van der Waals surface area contributed by atoms with Gasteiger partial charge in [-0.15, -0.1) is 0 Å². The van der Waals surface area contributed by atoms with Crippen molar-refractivity contribution in [1.29, 1.82) is 0 Å². The van der Waals surface area contributed by atoms with E-state index in [4.69, 9.17) is 69.6 Å². The summed E-state index contributed by atoms with van der Waals surface area (Å²) in [4.78, 5) is 12.8. The molecule has 2 aromatic heterocycles. The van der Waals surface area contributed by atoms with E-state index in [0.29, 0.717) is 16.8 Å². The van der Waals surface area contributed by atoms with Crippen LogP contribution in [0.25, 0.3) is 0 Å². The molecule has 2 aromatic rings. The molecule has 0 aliphatic carbocycles. The molecule has 27 heavy (non-hydrogen) atoms. The zero-order chi connectivity index (χ0) is 20.2. The lowest BCUT2D eigenvalue weighted by Crippen LogP contribution is -2.28. The Morgan fingerprint density at radius 1 is 0.778 bits per heavy atom. The molecule has 0 radical (unpaired) electrons. The Hall–Kier alpha value is 0.620. The molecule has 0 bridgehead atoms. The molecule has 2 rings (SSSR count). The van der Waals surface area contributed by atoms with Crippen molar-refractivity contribution >= 4 is 103 Å². The third-order valence-corrected chi connectivity index (χ3v) is 6.04. The maximum absolute atomic E-state index is 5.88. The van der Waals surface area contributed by atoms with Gasteiger partial charge in [0.1, 0.15) is 0 Å². The summed E-state index contributed by atoms with van der Waals surface area (Å²) in [6.45, 7) is 7.72. The normalized spacial score (nSPS) is 12.8. The highest BCUT2D eigenvalue weighted by molar-refractivity contribution is 7.12. The summed E-state index contributed by atoms with van der Waals surface area (Å²) >= 11 is 37.5. The Labute approximate surface area is 196 Å². The van der Waals surface area contributed by atoms with Crippen molar-refractivity contribution in [2.45, 2.75) is 27.9 Å². The van der Waals surface area contributed by atoms with E-state index in [1.807, 2.05) is 4.90 Å². The first-order valence-electron chi connectivity index (χ1n) is 7.88. The van der Waals surface area contributed by atoms with E-state index in [0.717, 1.165) is 49.1 Å². The highest BCUT2D eigenvalue weighted by Gasteiger charge is 2.32. The van der Waals surface area contributed by atoms with Crippen LogP contribution in [0.15, 0.2) is 0 Å². The SMILES string of the molecule is CCN(CC)CCCN(c1nc(C(Cl)(Cl)Cl)ns1)c1nc(C(Cl)(Cl)Cl)ns1. The van der Waals surface area contributed by atoms with Gasteiger partial charge in [-0.2, -0.15) is 18.7 Å². The number of nitrogens with zero attached hydrogens (tertiary/aromatic N) is 6. The molecule has 14 heteroatoms. The summed E-state index contributed by atoms with van der Waals surface area (Å²) < 4.78 is 4.85. The van der Waals surface area contributed by atoms with Crippen molar-refractivity contribution in [3.05, 3.63) is 11.6 Å². The number of rotatable bonds is 8. The summed E-state index contributed by atoms with van der Waals surface area (Å²) in [7, 11) is 0. The minimum atomic E-state index is -1.70. The van der Waals surface area contributed by atoms with Crippen LogP contribution in [-0.4, -0.2) is 49.8 Å². The lowest BCUT2D eigenvalue weighted by Gasteiger charge is -2.22. The fourth-order valence-electron chi connectivity index (χ4n) is 2.15. The number of halogens is 6. The van der Waals surface area contributed by atoms with Gasteiger partial charge in [0.25, 0.3) is 7.59 Å². The molecule has 6 nitrogen and oxygen atoms in total. The molecular weight excluding hydrogens is 517 g/mol. The van der Waals surface area contributed by atoms with Crippen LogP contribution in [0.5, 0.6) is 0 Å². The fourth-order valence-corrected chi connectivity index (χ4v) is 4.51. The highest BCUT2D eigenvalue weighted by atomic mass is 35.6. The third kappa shape index (κ3) is 6.83. The maximum Gasteiger partial charge on any atom is 0.251 e. The van der Waals surface area contributed by atoms with E-state index in [2.05, 4.69) is 37.5 Å². The summed E-state index contributed by atoms with van der Waals surface area (Å²) in [6, 6.07) is 0. The first kappa shape index (κ1) is 23.9. The highest BCUT2D eigenvalue weighted by Crippen LogP contribution is 2.41. The molecule has 0 aromatic carbocycles. The van der Waals surface area contributed by atoms with Crippen LogP contribution < -0.4 is 4.90 Å². The molecule has 0 aliphatic rings. The van der Waals surface area contributed by atoms with Crippen LogP contribution in [0.4, 0.5) is 10.3 Å². The first-order chi connectivity index (χ1) is 12.6. The smallest absolute Gasteiger partial charge is 0.251 e. The molecule has 2 heterocycles. The van der Waals surface area contributed by atoms with E-state index >= 15 is 0 Å².